The fourth-order valence-electron chi connectivity index (χ4n) is 1.89. The number of alkyl halides is 3. The molecule has 0 fully saturated rings. The van der Waals surface area contributed by atoms with Crippen LogP contribution in [-0.2, 0) is 6.18 Å². The molecule has 0 unspecified atom stereocenters. The van der Waals surface area contributed by atoms with E-state index in [-0.39, 0.29) is 18.4 Å². The van der Waals surface area contributed by atoms with Crippen molar-refractivity contribution >= 4 is 33.4 Å². The third kappa shape index (κ3) is 4.81. The SMILES string of the molecule is Cc1cc(Br)ccc1Nc1cc(C(F)(F)F)nc(N[C@H](C)CO)n1. The zero-order chi connectivity index (χ0) is 17.9. The summed E-state index contributed by atoms with van der Waals surface area (Å²) in [5.74, 6) is -0.195. The molecule has 0 aliphatic heterocycles. The van der Waals surface area contributed by atoms with Crippen molar-refractivity contribution in [2.75, 3.05) is 17.2 Å². The second kappa shape index (κ2) is 7.35. The quantitative estimate of drug-likeness (QED) is 0.699. The van der Waals surface area contributed by atoms with Crippen LogP contribution in [-0.4, -0.2) is 27.7 Å². The van der Waals surface area contributed by atoms with Crippen LogP contribution in [0.15, 0.2) is 28.7 Å². The van der Waals surface area contributed by atoms with Crippen molar-refractivity contribution in [1.82, 2.24) is 9.97 Å². The lowest BCUT2D eigenvalue weighted by Gasteiger charge is -2.16. The highest BCUT2D eigenvalue weighted by Gasteiger charge is 2.34. The molecule has 24 heavy (non-hydrogen) atoms. The first kappa shape index (κ1) is 18.5. The second-order valence-corrected chi connectivity index (χ2v) is 6.19. The number of aliphatic hydroxyl groups excluding tert-OH is 1. The van der Waals surface area contributed by atoms with E-state index in [0.29, 0.717) is 5.69 Å². The number of hydrogen-bond donors (Lipinski definition) is 3. The Bertz CT molecular complexity index is 724. The lowest BCUT2D eigenvalue weighted by Crippen LogP contribution is -2.22. The summed E-state index contributed by atoms with van der Waals surface area (Å²) < 4.78 is 40.0. The number of aromatic nitrogens is 2. The van der Waals surface area contributed by atoms with E-state index in [1.165, 1.54) is 0 Å². The number of nitrogens with zero attached hydrogens (tertiary/aromatic N) is 2. The fourth-order valence-corrected chi connectivity index (χ4v) is 2.37. The molecule has 1 heterocycles. The van der Waals surface area contributed by atoms with Gasteiger partial charge in [0.2, 0.25) is 5.95 Å². The van der Waals surface area contributed by atoms with Gasteiger partial charge in [-0.3, -0.25) is 0 Å². The Morgan fingerprint density at radius 1 is 1.25 bits per heavy atom. The fraction of sp³-hybridized carbons (Fsp3) is 0.333. The molecule has 1 atom stereocenters. The Morgan fingerprint density at radius 3 is 2.54 bits per heavy atom. The maximum absolute atomic E-state index is 13.0. The molecule has 1 aromatic carbocycles. The van der Waals surface area contributed by atoms with Crippen molar-refractivity contribution in [2.24, 2.45) is 0 Å². The highest BCUT2D eigenvalue weighted by atomic mass is 79.9. The average Bonchev–Trinajstić information content (AvgIpc) is 2.49. The van der Waals surface area contributed by atoms with Gasteiger partial charge in [0.1, 0.15) is 5.82 Å². The molecule has 9 heteroatoms. The van der Waals surface area contributed by atoms with Crippen LogP contribution in [0.3, 0.4) is 0 Å². The molecule has 130 valence electrons. The van der Waals surface area contributed by atoms with Crippen molar-refractivity contribution in [3.05, 3.63) is 40.0 Å². The van der Waals surface area contributed by atoms with Crippen LogP contribution in [0.2, 0.25) is 0 Å². The summed E-state index contributed by atoms with van der Waals surface area (Å²) in [7, 11) is 0. The molecular weight excluding hydrogens is 389 g/mol. The molecule has 0 aliphatic rings. The van der Waals surface area contributed by atoms with Crippen molar-refractivity contribution < 1.29 is 18.3 Å². The number of halogens is 4. The van der Waals surface area contributed by atoms with E-state index in [0.717, 1.165) is 16.1 Å². The molecule has 0 aliphatic carbocycles. The van der Waals surface area contributed by atoms with Crippen LogP contribution in [0, 0.1) is 6.92 Å². The van der Waals surface area contributed by atoms with Crippen LogP contribution in [0.1, 0.15) is 18.2 Å². The van der Waals surface area contributed by atoms with E-state index in [2.05, 4.69) is 36.5 Å². The molecule has 0 amide bonds. The van der Waals surface area contributed by atoms with Crippen LogP contribution in [0.4, 0.5) is 30.6 Å². The summed E-state index contributed by atoms with van der Waals surface area (Å²) in [4.78, 5) is 7.50. The van der Waals surface area contributed by atoms with E-state index in [1.807, 2.05) is 13.0 Å². The van der Waals surface area contributed by atoms with Gasteiger partial charge in [-0.2, -0.15) is 18.2 Å². The van der Waals surface area contributed by atoms with Gasteiger partial charge in [-0.25, -0.2) is 4.98 Å². The van der Waals surface area contributed by atoms with Gasteiger partial charge in [0.05, 0.1) is 6.61 Å². The lowest BCUT2D eigenvalue weighted by atomic mass is 10.2. The molecule has 0 saturated carbocycles. The first-order chi connectivity index (χ1) is 11.2. The van der Waals surface area contributed by atoms with Gasteiger partial charge in [0, 0.05) is 22.3 Å². The summed E-state index contributed by atoms with van der Waals surface area (Å²) in [5, 5.41) is 14.5. The molecule has 3 N–H and O–H groups in total. The smallest absolute Gasteiger partial charge is 0.394 e. The number of benzene rings is 1. The summed E-state index contributed by atoms with van der Waals surface area (Å²) in [6.45, 7) is 3.18. The zero-order valence-electron chi connectivity index (χ0n) is 12.9. The van der Waals surface area contributed by atoms with Crippen molar-refractivity contribution in [3.8, 4) is 0 Å². The minimum absolute atomic E-state index is 0.00962. The first-order valence-electron chi connectivity index (χ1n) is 7.06. The normalized spacial score (nSPS) is 12.8. The molecule has 0 saturated heterocycles. The molecule has 2 rings (SSSR count). The summed E-state index contributed by atoms with van der Waals surface area (Å²) >= 11 is 3.33. The third-order valence-corrected chi connectivity index (χ3v) is 3.61. The van der Waals surface area contributed by atoms with Crippen molar-refractivity contribution in [1.29, 1.82) is 0 Å². The Kier molecular flexibility index (Phi) is 5.66. The predicted octanol–water partition coefficient (Wildman–Crippen LogP) is 4.10. The van der Waals surface area contributed by atoms with Crippen LogP contribution < -0.4 is 10.6 Å². The number of aliphatic hydroxyl groups is 1. The Morgan fingerprint density at radius 2 is 1.96 bits per heavy atom. The lowest BCUT2D eigenvalue weighted by molar-refractivity contribution is -0.141. The van der Waals surface area contributed by atoms with Gasteiger partial charge in [0.15, 0.2) is 5.69 Å². The summed E-state index contributed by atoms with van der Waals surface area (Å²) in [6, 6.07) is 5.71. The third-order valence-electron chi connectivity index (χ3n) is 3.12. The topological polar surface area (TPSA) is 70.1 Å². The number of rotatable bonds is 5. The predicted molar refractivity (Wildman–Crippen MR) is 89.4 cm³/mol. The molecule has 1 aromatic heterocycles. The Labute approximate surface area is 145 Å². The Hall–Kier alpha value is -1.87. The van der Waals surface area contributed by atoms with Crippen molar-refractivity contribution in [3.63, 3.8) is 0 Å². The molecule has 0 radical (unpaired) electrons. The molecule has 0 bridgehead atoms. The number of anilines is 3. The molecule has 5 nitrogen and oxygen atoms in total. The average molecular weight is 405 g/mol. The number of aryl methyl sites for hydroxylation is 1. The molecule has 0 spiro atoms. The minimum atomic E-state index is -4.60. The number of hydrogen-bond acceptors (Lipinski definition) is 5. The van der Waals surface area contributed by atoms with Crippen LogP contribution >= 0.6 is 15.9 Å². The van der Waals surface area contributed by atoms with Crippen molar-refractivity contribution in [2.45, 2.75) is 26.1 Å². The van der Waals surface area contributed by atoms with Gasteiger partial charge >= 0.3 is 6.18 Å². The zero-order valence-corrected chi connectivity index (χ0v) is 14.5. The van der Waals surface area contributed by atoms with E-state index >= 15 is 0 Å². The van der Waals surface area contributed by atoms with Gasteiger partial charge in [-0.1, -0.05) is 15.9 Å². The van der Waals surface area contributed by atoms with Crippen LogP contribution in [0.5, 0.6) is 0 Å². The van der Waals surface area contributed by atoms with Gasteiger partial charge in [-0.15, -0.1) is 0 Å². The highest BCUT2D eigenvalue weighted by molar-refractivity contribution is 9.10. The maximum Gasteiger partial charge on any atom is 0.433 e. The highest BCUT2D eigenvalue weighted by Crippen LogP contribution is 2.31. The standard InChI is InChI=1S/C15H16BrF3N4O/c1-8-5-10(16)3-4-11(8)21-13-6-12(15(17,18)19)22-14(23-13)20-9(2)7-24/h3-6,9,24H,7H2,1-2H3,(H2,20,21,22,23)/t9-/m1/s1. The maximum atomic E-state index is 13.0. The second-order valence-electron chi connectivity index (χ2n) is 5.27. The van der Waals surface area contributed by atoms with Gasteiger partial charge in [0.25, 0.3) is 0 Å². The van der Waals surface area contributed by atoms with E-state index in [4.69, 9.17) is 5.11 Å². The summed E-state index contributed by atoms with van der Waals surface area (Å²) in [6.07, 6.45) is -4.60. The molecule has 2 aromatic rings. The van der Waals surface area contributed by atoms with E-state index in [1.54, 1.807) is 19.1 Å². The molecular formula is C15H16BrF3N4O. The van der Waals surface area contributed by atoms with E-state index in [9.17, 15) is 13.2 Å². The first-order valence-corrected chi connectivity index (χ1v) is 7.85. The largest absolute Gasteiger partial charge is 0.433 e. The minimum Gasteiger partial charge on any atom is -0.394 e. The van der Waals surface area contributed by atoms with Crippen LogP contribution in [0.25, 0.3) is 0 Å². The van der Waals surface area contributed by atoms with E-state index < -0.39 is 17.9 Å². The monoisotopic (exact) mass is 404 g/mol. The Balaban J connectivity index is 2.38. The van der Waals surface area contributed by atoms with Gasteiger partial charge in [-0.05, 0) is 37.6 Å². The van der Waals surface area contributed by atoms with Gasteiger partial charge < -0.3 is 15.7 Å². The summed E-state index contributed by atoms with van der Waals surface area (Å²) in [5.41, 5.74) is 0.406. The number of nitrogens with one attached hydrogen (secondary N) is 2.